The first-order valence-corrected chi connectivity index (χ1v) is 9.67. The van der Waals surface area contributed by atoms with Gasteiger partial charge in [0, 0.05) is 6.54 Å². The molecule has 3 fully saturated rings. The van der Waals surface area contributed by atoms with Crippen LogP contribution in [-0.2, 0) is 15.1 Å². The molecule has 4 nitrogen and oxygen atoms in total. The van der Waals surface area contributed by atoms with Gasteiger partial charge >= 0.3 is 5.97 Å². The zero-order valence-electron chi connectivity index (χ0n) is 12.7. The van der Waals surface area contributed by atoms with Gasteiger partial charge in [0.05, 0.1) is 15.9 Å². The summed E-state index contributed by atoms with van der Waals surface area (Å²) in [5.41, 5.74) is -1.37. The molecule has 0 radical (unpaired) electrons. The summed E-state index contributed by atoms with van der Waals surface area (Å²) >= 11 is 2.90. The first kappa shape index (κ1) is 15.3. The quantitative estimate of drug-likeness (QED) is 0.900. The minimum absolute atomic E-state index is 0.0159. The highest BCUT2D eigenvalue weighted by Crippen LogP contribution is 2.43. The van der Waals surface area contributed by atoms with E-state index in [1.165, 1.54) is 22.7 Å². The Kier molecular flexibility index (Phi) is 4.01. The number of nitrogens with zero attached hydrogens (tertiary/aromatic N) is 1. The highest BCUT2D eigenvalue weighted by atomic mass is 32.1. The van der Waals surface area contributed by atoms with Gasteiger partial charge in [0.25, 0.3) is 0 Å². The van der Waals surface area contributed by atoms with Crippen LogP contribution in [0.5, 0.6) is 0 Å². The first-order chi connectivity index (χ1) is 11.2. The van der Waals surface area contributed by atoms with Crippen molar-refractivity contribution in [1.82, 2.24) is 4.90 Å². The van der Waals surface area contributed by atoms with Crippen LogP contribution in [0, 0.1) is 5.92 Å². The predicted octanol–water partition coefficient (Wildman–Crippen LogP) is 3.25. The van der Waals surface area contributed by atoms with E-state index >= 15 is 0 Å². The topological polar surface area (TPSA) is 49.8 Å². The van der Waals surface area contributed by atoms with Crippen LogP contribution >= 0.6 is 22.7 Å². The van der Waals surface area contributed by atoms with Crippen molar-refractivity contribution in [1.29, 1.82) is 0 Å². The van der Waals surface area contributed by atoms with Crippen LogP contribution in [-0.4, -0.2) is 41.7 Å². The molecule has 1 N–H and O–H groups in total. The number of carbonyl (C=O) groups is 1. The van der Waals surface area contributed by atoms with Gasteiger partial charge in [-0.05, 0) is 54.7 Å². The highest BCUT2D eigenvalue weighted by Gasteiger charge is 2.50. The average Bonchev–Trinajstić information content (AvgIpc) is 3.27. The van der Waals surface area contributed by atoms with Gasteiger partial charge < -0.3 is 14.7 Å². The van der Waals surface area contributed by atoms with Gasteiger partial charge in [-0.15, -0.1) is 22.7 Å². The summed E-state index contributed by atoms with van der Waals surface area (Å²) in [7, 11) is 0. The van der Waals surface area contributed by atoms with Crippen LogP contribution in [0.1, 0.15) is 22.6 Å². The largest absolute Gasteiger partial charge is 0.479 e. The van der Waals surface area contributed by atoms with Crippen LogP contribution in [0.3, 0.4) is 0 Å². The Bertz CT molecular complexity index is 626. The Morgan fingerprint density at radius 1 is 1.17 bits per heavy atom. The standard InChI is InChI=1S/C17H19NO3S2/c19-16(20)17(14-3-1-9-22-14,15-4-2-10-23-15)21-13-11-18-7-5-12(13)6-8-18/h1-4,9-10,12-13H,5-8,11H2,(H,19,20)/t13-/m0/s1. The number of fused-ring (bicyclic) bond motifs is 3. The number of ether oxygens (including phenoxy) is 1. The van der Waals surface area contributed by atoms with Crippen LogP contribution in [0.25, 0.3) is 0 Å². The lowest BCUT2D eigenvalue weighted by atomic mass is 9.85. The minimum Gasteiger partial charge on any atom is -0.479 e. The molecule has 3 aliphatic heterocycles. The van der Waals surface area contributed by atoms with Gasteiger partial charge in [0.15, 0.2) is 0 Å². The molecule has 3 saturated heterocycles. The molecule has 0 amide bonds. The highest BCUT2D eigenvalue weighted by molar-refractivity contribution is 7.12. The summed E-state index contributed by atoms with van der Waals surface area (Å²) in [6.45, 7) is 3.07. The van der Waals surface area contributed by atoms with Gasteiger partial charge in [-0.3, -0.25) is 0 Å². The van der Waals surface area contributed by atoms with E-state index in [2.05, 4.69) is 4.90 Å². The molecule has 23 heavy (non-hydrogen) atoms. The summed E-state index contributed by atoms with van der Waals surface area (Å²) in [5, 5.41) is 14.0. The van der Waals surface area contributed by atoms with Gasteiger partial charge in [-0.2, -0.15) is 0 Å². The van der Waals surface area contributed by atoms with Gasteiger partial charge in [0.2, 0.25) is 5.60 Å². The first-order valence-electron chi connectivity index (χ1n) is 7.91. The number of hydrogen-bond acceptors (Lipinski definition) is 5. The molecule has 3 aliphatic rings. The van der Waals surface area contributed by atoms with E-state index in [4.69, 9.17) is 4.74 Å². The van der Waals surface area contributed by atoms with Crippen LogP contribution in [0.2, 0.25) is 0 Å². The van der Waals surface area contributed by atoms with E-state index in [-0.39, 0.29) is 6.10 Å². The number of carboxylic acids is 1. The van der Waals surface area contributed by atoms with Crippen LogP contribution < -0.4 is 0 Å². The van der Waals surface area contributed by atoms with Crippen molar-refractivity contribution in [2.45, 2.75) is 24.5 Å². The third kappa shape index (κ3) is 2.54. The fourth-order valence-corrected chi connectivity index (χ4v) is 5.54. The molecular weight excluding hydrogens is 330 g/mol. The number of thiophene rings is 2. The number of aliphatic carboxylic acids is 1. The zero-order valence-corrected chi connectivity index (χ0v) is 14.3. The van der Waals surface area contributed by atoms with Crippen molar-refractivity contribution in [3.63, 3.8) is 0 Å². The molecule has 5 rings (SSSR count). The molecular formula is C17H19NO3S2. The third-order valence-corrected chi connectivity index (χ3v) is 6.90. The molecule has 0 aromatic carbocycles. The molecule has 0 spiro atoms. The lowest BCUT2D eigenvalue weighted by molar-refractivity contribution is -0.181. The molecule has 0 aliphatic carbocycles. The summed E-state index contributed by atoms with van der Waals surface area (Å²) < 4.78 is 6.44. The summed E-state index contributed by atoms with van der Waals surface area (Å²) in [4.78, 5) is 16.3. The molecule has 5 heterocycles. The summed E-state index contributed by atoms with van der Waals surface area (Å²) in [6, 6.07) is 7.54. The maximum Gasteiger partial charge on any atom is 0.347 e. The van der Waals surface area contributed by atoms with E-state index in [1.54, 1.807) is 0 Å². The lowest BCUT2D eigenvalue weighted by Crippen LogP contribution is -2.55. The van der Waals surface area contributed by atoms with E-state index in [1.807, 2.05) is 35.0 Å². The maximum atomic E-state index is 12.4. The zero-order chi connectivity index (χ0) is 15.9. The Morgan fingerprint density at radius 2 is 1.78 bits per heavy atom. The number of hydrogen-bond donors (Lipinski definition) is 1. The fraction of sp³-hybridized carbons (Fsp3) is 0.471. The second-order valence-corrected chi connectivity index (χ2v) is 8.13. The smallest absolute Gasteiger partial charge is 0.347 e. The van der Waals surface area contributed by atoms with Crippen molar-refractivity contribution in [3.8, 4) is 0 Å². The van der Waals surface area contributed by atoms with Crippen molar-refractivity contribution in [2.24, 2.45) is 5.92 Å². The van der Waals surface area contributed by atoms with Gasteiger partial charge in [-0.1, -0.05) is 12.1 Å². The predicted molar refractivity (Wildman–Crippen MR) is 91.1 cm³/mol. The Balaban J connectivity index is 1.75. The van der Waals surface area contributed by atoms with E-state index in [0.29, 0.717) is 5.92 Å². The van der Waals surface area contributed by atoms with Gasteiger partial charge in [-0.25, -0.2) is 4.79 Å². The van der Waals surface area contributed by atoms with Crippen LogP contribution in [0.15, 0.2) is 35.0 Å². The van der Waals surface area contributed by atoms with Crippen molar-refractivity contribution < 1.29 is 14.6 Å². The Hall–Kier alpha value is -1.21. The van der Waals surface area contributed by atoms with E-state index in [9.17, 15) is 9.90 Å². The second kappa shape index (κ2) is 6.02. The van der Waals surface area contributed by atoms with Crippen molar-refractivity contribution in [2.75, 3.05) is 19.6 Å². The SMILES string of the molecule is O=C(O)C(O[C@H]1CN2CCC1CC2)(c1cccs1)c1cccs1. The average molecular weight is 349 g/mol. The molecule has 0 saturated carbocycles. The van der Waals surface area contributed by atoms with Crippen molar-refractivity contribution in [3.05, 3.63) is 44.8 Å². The maximum absolute atomic E-state index is 12.4. The van der Waals surface area contributed by atoms with E-state index < -0.39 is 11.6 Å². The lowest BCUT2D eigenvalue weighted by Gasteiger charge is -2.46. The van der Waals surface area contributed by atoms with Gasteiger partial charge in [0.1, 0.15) is 0 Å². The number of carboxylic acid groups (broad SMARTS) is 1. The Labute approximate surface area is 143 Å². The summed E-state index contributed by atoms with van der Waals surface area (Å²) in [6.07, 6.45) is 2.20. The molecule has 6 heteroatoms. The van der Waals surface area contributed by atoms with Crippen molar-refractivity contribution >= 4 is 28.6 Å². The molecule has 122 valence electrons. The third-order valence-electron chi connectivity index (χ3n) is 4.96. The molecule has 2 bridgehead atoms. The van der Waals surface area contributed by atoms with E-state index in [0.717, 1.165) is 42.2 Å². The molecule has 2 aromatic heterocycles. The summed E-state index contributed by atoms with van der Waals surface area (Å²) in [5.74, 6) is -0.447. The second-order valence-electron chi connectivity index (χ2n) is 6.24. The number of piperidine rings is 3. The molecule has 0 unspecified atom stereocenters. The minimum atomic E-state index is -1.37. The molecule has 1 atom stereocenters. The monoisotopic (exact) mass is 349 g/mol. The Morgan fingerprint density at radius 3 is 2.17 bits per heavy atom. The molecule has 2 aromatic rings. The fourth-order valence-electron chi connectivity index (χ4n) is 3.73. The van der Waals surface area contributed by atoms with Crippen LogP contribution in [0.4, 0.5) is 0 Å². The normalized spacial score (nSPS) is 27.2. The number of rotatable bonds is 5.